The molecule has 0 aromatic heterocycles. The Morgan fingerprint density at radius 2 is 2.12 bits per heavy atom. The van der Waals surface area contributed by atoms with Gasteiger partial charge in [0.2, 0.25) is 5.91 Å². The van der Waals surface area contributed by atoms with Crippen LogP contribution in [0.5, 0.6) is 5.75 Å². The average molecular weight is 348 g/mol. The van der Waals surface area contributed by atoms with E-state index in [1.807, 2.05) is 22.6 Å². The normalized spacial score (nSPS) is 10.0. The summed E-state index contributed by atoms with van der Waals surface area (Å²) < 4.78 is 0.832. The number of benzene rings is 1. The third kappa shape index (κ3) is 3.58. The number of nitrogens with two attached hydrogens (primary N) is 1. The lowest BCUT2D eigenvalue weighted by atomic mass is 10.1. The number of halogens is 1. The van der Waals surface area contributed by atoms with Crippen molar-refractivity contribution in [3.63, 3.8) is 0 Å². The number of phenolic OH excluding ortho intramolecular Hbond substituents is 1. The van der Waals surface area contributed by atoms with Gasteiger partial charge in [0.1, 0.15) is 5.75 Å². The molecule has 2 amide bonds. The van der Waals surface area contributed by atoms with Crippen molar-refractivity contribution < 1.29 is 14.7 Å². The summed E-state index contributed by atoms with van der Waals surface area (Å²) in [5.74, 6) is -1.08. The van der Waals surface area contributed by atoms with E-state index in [1.165, 1.54) is 11.0 Å². The fourth-order valence-electron chi connectivity index (χ4n) is 1.37. The molecular weight excluding hydrogens is 335 g/mol. The number of phenols is 1. The molecule has 1 rings (SSSR count). The molecule has 1 aromatic carbocycles. The summed E-state index contributed by atoms with van der Waals surface area (Å²) in [6.07, 6.45) is 0. The zero-order chi connectivity index (χ0) is 13.0. The van der Waals surface area contributed by atoms with Gasteiger partial charge >= 0.3 is 0 Å². The second kappa shape index (κ2) is 5.85. The lowest BCUT2D eigenvalue weighted by Gasteiger charge is -2.19. The van der Waals surface area contributed by atoms with E-state index in [2.05, 4.69) is 0 Å². The first-order valence-electron chi connectivity index (χ1n) is 5.01. The van der Waals surface area contributed by atoms with Gasteiger partial charge in [-0.25, -0.2) is 0 Å². The maximum Gasteiger partial charge on any atom is 0.258 e. The number of hydrogen-bond acceptors (Lipinski definition) is 3. The first-order chi connectivity index (χ1) is 7.95. The van der Waals surface area contributed by atoms with Crippen molar-refractivity contribution in [2.45, 2.75) is 6.92 Å². The van der Waals surface area contributed by atoms with Crippen LogP contribution in [0.25, 0.3) is 0 Å². The van der Waals surface area contributed by atoms with Gasteiger partial charge in [0, 0.05) is 10.1 Å². The molecule has 6 heteroatoms. The van der Waals surface area contributed by atoms with Gasteiger partial charge in [0.05, 0.1) is 12.1 Å². The summed E-state index contributed by atoms with van der Waals surface area (Å²) in [6, 6.07) is 4.71. The summed E-state index contributed by atoms with van der Waals surface area (Å²) in [5, 5.41) is 9.62. The second-order valence-corrected chi connectivity index (χ2v) is 4.69. The van der Waals surface area contributed by atoms with E-state index < -0.39 is 11.8 Å². The van der Waals surface area contributed by atoms with Crippen LogP contribution >= 0.6 is 22.6 Å². The van der Waals surface area contributed by atoms with Gasteiger partial charge in [-0.3, -0.25) is 9.59 Å². The Bertz CT molecular complexity index is 448. The van der Waals surface area contributed by atoms with Crippen molar-refractivity contribution in [3.8, 4) is 5.75 Å². The average Bonchev–Trinajstić information content (AvgIpc) is 2.28. The molecule has 1 aromatic rings. The molecule has 0 radical (unpaired) electrons. The zero-order valence-electron chi connectivity index (χ0n) is 9.31. The molecule has 0 saturated carbocycles. The summed E-state index contributed by atoms with van der Waals surface area (Å²) in [4.78, 5) is 24.1. The predicted molar refractivity (Wildman–Crippen MR) is 71.6 cm³/mol. The summed E-state index contributed by atoms with van der Waals surface area (Å²) in [7, 11) is 0. The molecule has 0 spiro atoms. The Labute approximate surface area is 113 Å². The summed E-state index contributed by atoms with van der Waals surface area (Å²) in [5.41, 5.74) is 5.24. The SMILES string of the molecule is CCN(CC(N)=O)C(=O)c1cc(I)ccc1O. The zero-order valence-corrected chi connectivity index (χ0v) is 11.5. The van der Waals surface area contributed by atoms with Crippen molar-refractivity contribution in [2.75, 3.05) is 13.1 Å². The van der Waals surface area contributed by atoms with Gasteiger partial charge in [0.25, 0.3) is 5.91 Å². The van der Waals surface area contributed by atoms with Gasteiger partial charge in [-0.1, -0.05) is 0 Å². The standard InChI is InChI=1S/C11H13IN2O3/c1-2-14(6-10(13)16)11(17)8-5-7(12)3-4-9(8)15/h3-5,15H,2,6H2,1H3,(H2,13,16). The van der Waals surface area contributed by atoms with Crippen LogP contribution in [0.15, 0.2) is 18.2 Å². The number of likely N-dealkylation sites (N-methyl/N-ethyl adjacent to an activating group) is 1. The Morgan fingerprint density at radius 3 is 2.65 bits per heavy atom. The summed E-state index contributed by atoms with van der Waals surface area (Å²) in [6.45, 7) is 1.94. The largest absolute Gasteiger partial charge is 0.507 e. The molecular formula is C11H13IN2O3. The molecule has 0 saturated heterocycles. The molecule has 3 N–H and O–H groups in total. The van der Waals surface area contributed by atoms with Crippen molar-refractivity contribution in [2.24, 2.45) is 5.73 Å². The third-order valence-corrected chi connectivity index (χ3v) is 2.88. The quantitative estimate of drug-likeness (QED) is 0.795. The highest BCUT2D eigenvalue weighted by Gasteiger charge is 2.19. The first-order valence-corrected chi connectivity index (χ1v) is 6.09. The smallest absolute Gasteiger partial charge is 0.258 e. The fraction of sp³-hybridized carbons (Fsp3) is 0.273. The highest BCUT2D eigenvalue weighted by molar-refractivity contribution is 14.1. The molecule has 0 heterocycles. The summed E-state index contributed by atoms with van der Waals surface area (Å²) >= 11 is 2.04. The highest BCUT2D eigenvalue weighted by atomic mass is 127. The molecule has 0 aliphatic carbocycles. The van der Waals surface area contributed by atoms with Crippen molar-refractivity contribution >= 4 is 34.4 Å². The van der Waals surface area contributed by atoms with E-state index in [0.29, 0.717) is 6.54 Å². The van der Waals surface area contributed by atoms with Gasteiger partial charge < -0.3 is 15.7 Å². The number of rotatable bonds is 4. The maximum atomic E-state index is 12.0. The van der Waals surface area contributed by atoms with Crippen LogP contribution in [0, 0.1) is 3.57 Å². The van der Waals surface area contributed by atoms with Gasteiger partial charge in [-0.2, -0.15) is 0 Å². The second-order valence-electron chi connectivity index (χ2n) is 3.45. The van der Waals surface area contributed by atoms with E-state index in [1.54, 1.807) is 19.1 Å². The maximum absolute atomic E-state index is 12.0. The Hall–Kier alpha value is -1.31. The van der Waals surface area contributed by atoms with Crippen LogP contribution in [0.3, 0.4) is 0 Å². The number of nitrogens with zero attached hydrogens (tertiary/aromatic N) is 1. The molecule has 92 valence electrons. The van der Waals surface area contributed by atoms with Crippen LogP contribution in [0.1, 0.15) is 17.3 Å². The predicted octanol–water partition coefficient (Wildman–Crippen LogP) is 0.944. The molecule has 0 unspecified atom stereocenters. The molecule has 17 heavy (non-hydrogen) atoms. The van der Waals surface area contributed by atoms with Crippen LogP contribution < -0.4 is 5.73 Å². The minimum absolute atomic E-state index is 0.0988. The first kappa shape index (κ1) is 13.8. The van der Waals surface area contributed by atoms with Crippen molar-refractivity contribution in [1.82, 2.24) is 4.90 Å². The fourth-order valence-corrected chi connectivity index (χ4v) is 1.86. The van der Waals surface area contributed by atoms with Crippen LogP contribution in [0.2, 0.25) is 0 Å². The molecule has 0 bridgehead atoms. The molecule has 0 fully saturated rings. The minimum Gasteiger partial charge on any atom is -0.507 e. The van der Waals surface area contributed by atoms with Crippen LogP contribution in [-0.4, -0.2) is 34.9 Å². The van der Waals surface area contributed by atoms with Gasteiger partial charge in [-0.15, -0.1) is 0 Å². The van der Waals surface area contributed by atoms with Gasteiger partial charge in [-0.05, 0) is 47.7 Å². The van der Waals surface area contributed by atoms with E-state index in [0.717, 1.165) is 3.57 Å². The Balaban J connectivity index is 3.01. The molecule has 0 atom stereocenters. The number of hydrogen-bond donors (Lipinski definition) is 2. The monoisotopic (exact) mass is 348 g/mol. The molecule has 0 aliphatic rings. The molecule has 5 nitrogen and oxygen atoms in total. The Morgan fingerprint density at radius 1 is 1.47 bits per heavy atom. The Kier molecular flexibility index (Phi) is 4.73. The van der Waals surface area contributed by atoms with E-state index in [-0.39, 0.29) is 17.9 Å². The van der Waals surface area contributed by atoms with E-state index >= 15 is 0 Å². The van der Waals surface area contributed by atoms with Crippen molar-refractivity contribution in [1.29, 1.82) is 0 Å². The number of amides is 2. The van der Waals surface area contributed by atoms with Crippen molar-refractivity contribution in [3.05, 3.63) is 27.3 Å². The van der Waals surface area contributed by atoms with E-state index in [4.69, 9.17) is 5.73 Å². The third-order valence-electron chi connectivity index (χ3n) is 2.20. The highest BCUT2D eigenvalue weighted by Crippen LogP contribution is 2.21. The van der Waals surface area contributed by atoms with Crippen LogP contribution in [-0.2, 0) is 4.79 Å². The topological polar surface area (TPSA) is 83.6 Å². The number of carbonyl (C=O) groups excluding carboxylic acids is 2. The van der Waals surface area contributed by atoms with Crippen LogP contribution in [0.4, 0.5) is 0 Å². The van der Waals surface area contributed by atoms with E-state index in [9.17, 15) is 14.7 Å². The lowest BCUT2D eigenvalue weighted by molar-refractivity contribution is -0.118. The molecule has 0 aliphatic heterocycles. The van der Waals surface area contributed by atoms with Gasteiger partial charge in [0.15, 0.2) is 0 Å². The number of carbonyl (C=O) groups is 2. The number of aromatic hydroxyl groups is 1. The minimum atomic E-state index is -0.578. The lowest BCUT2D eigenvalue weighted by Crippen LogP contribution is -2.38. The number of primary amides is 1.